The number of unbranched alkanes of at least 4 members (excludes halogenated alkanes) is 11. The van der Waals surface area contributed by atoms with E-state index < -0.39 is 57.4 Å². The molecule has 0 aliphatic rings. The van der Waals surface area contributed by atoms with Crippen molar-refractivity contribution in [2.24, 2.45) is 0 Å². The molecule has 0 saturated heterocycles. The van der Waals surface area contributed by atoms with Crippen LogP contribution in [0.4, 0.5) is 0 Å². The van der Waals surface area contributed by atoms with Gasteiger partial charge in [0.05, 0.1) is 24.9 Å². The second-order valence-corrected chi connectivity index (χ2v) is 14.3. The summed E-state index contributed by atoms with van der Waals surface area (Å²) in [6.07, 6.45) is 34.3. The van der Waals surface area contributed by atoms with Crippen LogP contribution in [0.1, 0.15) is 136 Å². The quantitative estimate of drug-likeness (QED) is 0.0139. The summed E-state index contributed by atoms with van der Waals surface area (Å²) in [5.74, 6) is -1.23. The molecule has 0 aliphatic carbocycles. The molecule has 0 aromatic heterocycles. The van der Waals surface area contributed by atoms with E-state index >= 15 is 0 Å². The molecule has 0 saturated carbocycles. The molecule has 0 bridgehead atoms. The molecule has 0 spiro atoms. The van der Waals surface area contributed by atoms with Crippen molar-refractivity contribution in [2.45, 2.75) is 160 Å². The summed E-state index contributed by atoms with van der Waals surface area (Å²) < 4.78 is 26.1. The maximum absolute atomic E-state index is 12.4. The molecule has 304 valence electrons. The van der Waals surface area contributed by atoms with Crippen molar-refractivity contribution in [3.05, 3.63) is 72.9 Å². The summed E-state index contributed by atoms with van der Waals surface area (Å²) in [7, 11) is -4.86. The molecule has 0 fully saturated rings. The molecular weight excluding hydrogens is 699 g/mol. The van der Waals surface area contributed by atoms with E-state index in [0.29, 0.717) is 12.8 Å². The van der Waals surface area contributed by atoms with E-state index in [1.165, 1.54) is 44.6 Å². The summed E-state index contributed by atoms with van der Waals surface area (Å²) in [5, 5.41) is 30.2. The summed E-state index contributed by atoms with van der Waals surface area (Å²) in [4.78, 5) is 42.8. The molecule has 0 aliphatic heterocycles. The Balaban J connectivity index is 4.34. The first-order valence-electron chi connectivity index (χ1n) is 19.6. The van der Waals surface area contributed by atoms with Crippen LogP contribution in [-0.2, 0) is 28.2 Å². The van der Waals surface area contributed by atoms with Crippen molar-refractivity contribution in [2.75, 3.05) is 13.2 Å². The summed E-state index contributed by atoms with van der Waals surface area (Å²) in [6.45, 7) is 3.18. The van der Waals surface area contributed by atoms with Gasteiger partial charge in [0.15, 0.2) is 6.10 Å². The lowest BCUT2D eigenvalue weighted by Crippen LogP contribution is -2.29. The van der Waals surface area contributed by atoms with Crippen LogP contribution >= 0.6 is 7.82 Å². The molecule has 11 nitrogen and oxygen atoms in total. The fourth-order valence-corrected chi connectivity index (χ4v) is 5.36. The van der Waals surface area contributed by atoms with Crippen LogP contribution in [0.5, 0.6) is 0 Å². The molecule has 0 aromatic rings. The Morgan fingerprint density at radius 3 is 1.83 bits per heavy atom. The van der Waals surface area contributed by atoms with Crippen LogP contribution in [0.3, 0.4) is 0 Å². The van der Waals surface area contributed by atoms with Gasteiger partial charge in [0.2, 0.25) is 0 Å². The van der Waals surface area contributed by atoms with E-state index in [4.69, 9.17) is 19.3 Å². The zero-order chi connectivity index (χ0) is 39.4. The number of aliphatic hydroxyl groups excluding tert-OH is 3. The van der Waals surface area contributed by atoms with E-state index in [-0.39, 0.29) is 25.7 Å². The lowest BCUT2D eigenvalue weighted by molar-refractivity contribution is -0.161. The predicted octanol–water partition coefficient (Wildman–Crippen LogP) is 8.42. The summed E-state index contributed by atoms with van der Waals surface area (Å²) >= 11 is 0. The normalized spacial score (nSPS) is 15.1. The third kappa shape index (κ3) is 36.1. The first kappa shape index (κ1) is 50.4. The van der Waals surface area contributed by atoms with Gasteiger partial charge in [-0.1, -0.05) is 138 Å². The monoisotopic (exact) mass is 768 g/mol. The topological polar surface area (TPSA) is 180 Å². The smallest absolute Gasteiger partial charge is 0.462 e. The number of hydrogen-bond acceptors (Lipinski definition) is 9. The Morgan fingerprint density at radius 1 is 0.642 bits per heavy atom. The minimum absolute atomic E-state index is 0.0827. The third-order valence-electron chi connectivity index (χ3n) is 8.05. The van der Waals surface area contributed by atoms with E-state index in [1.807, 2.05) is 19.1 Å². The van der Waals surface area contributed by atoms with Gasteiger partial charge in [0.25, 0.3) is 0 Å². The molecule has 0 rings (SSSR count). The van der Waals surface area contributed by atoms with Gasteiger partial charge in [-0.2, -0.15) is 0 Å². The van der Waals surface area contributed by atoms with Gasteiger partial charge < -0.3 is 34.6 Å². The second-order valence-electron chi connectivity index (χ2n) is 13.1. The maximum Gasteiger partial charge on any atom is 0.469 e. The highest BCUT2D eigenvalue weighted by Crippen LogP contribution is 2.36. The van der Waals surface area contributed by atoms with Crippen LogP contribution in [-0.4, -0.2) is 74.7 Å². The Hall–Kier alpha value is -2.63. The molecule has 0 radical (unpaired) electrons. The first-order chi connectivity index (χ1) is 25.5. The van der Waals surface area contributed by atoms with Gasteiger partial charge in [-0.05, 0) is 57.8 Å². The average Bonchev–Trinajstić information content (AvgIpc) is 3.11. The van der Waals surface area contributed by atoms with Crippen LogP contribution in [0.25, 0.3) is 0 Å². The van der Waals surface area contributed by atoms with Gasteiger partial charge >= 0.3 is 19.8 Å². The van der Waals surface area contributed by atoms with Crippen LogP contribution in [0.15, 0.2) is 72.9 Å². The lowest BCUT2D eigenvalue weighted by atomic mass is 10.1. The summed E-state index contributed by atoms with van der Waals surface area (Å²) in [5.41, 5.74) is 0. The van der Waals surface area contributed by atoms with Crippen LogP contribution in [0.2, 0.25) is 0 Å². The zero-order valence-corrected chi connectivity index (χ0v) is 33.1. The Kier molecular flexibility index (Phi) is 33.4. The van der Waals surface area contributed by atoms with E-state index in [2.05, 4.69) is 23.6 Å². The number of aliphatic hydroxyl groups is 3. The predicted molar refractivity (Wildman–Crippen MR) is 211 cm³/mol. The van der Waals surface area contributed by atoms with Crippen molar-refractivity contribution < 1.29 is 53.3 Å². The SMILES string of the molecule is CC/C=C\C[C@H](O)/C=C/C=C/C=C\C=C/[C@@H](O)[C@H](O)CCCC(=O)O[C@H](COC(=O)CCCCCCC/C=C\CCCCCCCC)COP(=O)(O)O. The maximum atomic E-state index is 12.4. The zero-order valence-electron chi connectivity index (χ0n) is 32.2. The molecule has 53 heavy (non-hydrogen) atoms. The number of esters is 2. The van der Waals surface area contributed by atoms with Gasteiger partial charge in [0.1, 0.15) is 6.61 Å². The van der Waals surface area contributed by atoms with Gasteiger partial charge in [-0.3, -0.25) is 14.1 Å². The number of hydrogen-bond donors (Lipinski definition) is 5. The van der Waals surface area contributed by atoms with Crippen molar-refractivity contribution >= 4 is 19.8 Å². The number of phosphoric acid groups is 1. The van der Waals surface area contributed by atoms with Gasteiger partial charge in [0, 0.05) is 12.8 Å². The average molecular weight is 769 g/mol. The molecule has 0 heterocycles. The van der Waals surface area contributed by atoms with Gasteiger partial charge in [-0.25, -0.2) is 4.57 Å². The minimum Gasteiger partial charge on any atom is -0.462 e. The number of allylic oxidation sites excluding steroid dienone is 9. The molecule has 0 amide bonds. The standard InChI is InChI=1S/C41H69O11P/c1-3-5-7-8-9-10-11-12-13-14-15-16-17-22-26-32-40(45)50-34-37(35-51-53(47,48)49)52-41(46)33-27-31-39(44)38(43)30-25-21-19-18-20-24-29-36(42)28-23-6-4-2/h6,12-13,18-21,23-25,29-30,36-39,42-44H,3-5,7-11,14-17,22,26-28,31-35H2,1-2H3,(H2,47,48,49)/b13-12-,20-18+,21-19-,23-6-,29-24+,30-25-/t36-,37+,38+,39+/m0/s1. The second kappa shape index (κ2) is 35.1. The van der Waals surface area contributed by atoms with Crippen LogP contribution in [0, 0.1) is 0 Å². The highest BCUT2D eigenvalue weighted by Gasteiger charge is 2.23. The number of carbonyl (C=O) groups excluding carboxylic acids is 2. The lowest BCUT2D eigenvalue weighted by Gasteiger charge is -2.19. The fraction of sp³-hybridized carbons (Fsp3) is 0.659. The number of phosphoric ester groups is 1. The Bertz CT molecular complexity index is 1140. The van der Waals surface area contributed by atoms with E-state index in [9.17, 15) is 29.5 Å². The molecular formula is C41H69O11P. The van der Waals surface area contributed by atoms with Crippen molar-refractivity contribution in [3.8, 4) is 0 Å². The highest BCUT2D eigenvalue weighted by atomic mass is 31.2. The Labute approximate surface area is 318 Å². The molecule has 5 N–H and O–H groups in total. The molecule has 4 atom stereocenters. The van der Waals surface area contributed by atoms with Crippen molar-refractivity contribution in [1.82, 2.24) is 0 Å². The van der Waals surface area contributed by atoms with Gasteiger partial charge in [-0.15, -0.1) is 0 Å². The number of rotatable bonds is 34. The largest absolute Gasteiger partial charge is 0.469 e. The van der Waals surface area contributed by atoms with Crippen molar-refractivity contribution in [3.63, 3.8) is 0 Å². The number of ether oxygens (including phenoxy) is 2. The molecule has 0 aromatic carbocycles. The minimum atomic E-state index is -4.86. The number of carbonyl (C=O) groups is 2. The van der Waals surface area contributed by atoms with Crippen LogP contribution < -0.4 is 0 Å². The Morgan fingerprint density at radius 2 is 1.21 bits per heavy atom. The fourth-order valence-electron chi connectivity index (χ4n) is 5.00. The van der Waals surface area contributed by atoms with E-state index in [0.717, 1.165) is 44.9 Å². The van der Waals surface area contributed by atoms with Crippen molar-refractivity contribution in [1.29, 1.82) is 0 Å². The molecule has 0 unspecified atom stereocenters. The summed E-state index contributed by atoms with van der Waals surface area (Å²) in [6, 6.07) is 0. The third-order valence-corrected chi connectivity index (χ3v) is 8.54. The van der Waals surface area contributed by atoms with E-state index in [1.54, 1.807) is 42.5 Å². The first-order valence-corrected chi connectivity index (χ1v) is 21.1. The highest BCUT2D eigenvalue weighted by molar-refractivity contribution is 7.46. The molecule has 12 heteroatoms.